The molecule has 0 aliphatic rings. The highest BCUT2D eigenvalue weighted by molar-refractivity contribution is 7.91. The van der Waals surface area contributed by atoms with Gasteiger partial charge in [0, 0.05) is 34.1 Å². The summed E-state index contributed by atoms with van der Waals surface area (Å²) in [6.45, 7) is 1.64. The van der Waals surface area contributed by atoms with Gasteiger partial charge in [-0.1, -0.05) is 37.3 Å². The number of aromatic nitrogens is 1. The van der Waals surface area contributed by atoms with Gasteiger partial charge in [-0.25, -0.2) is 8.42 Å². The maximum Gasteiger partial charge on any atom is 0.573 e. The zero-order valence-corrected chi connectivity index (χ0v) is 20.1. The van der Waals surface area contributed by atoms with Gasteiger partial charge in [-0.15, -0.1) is 13.2 Å². The van der Waals surface area contributed by atoms with Crippen LogP contribution in [0.1, 0.15) is 34.1 Å². The Kier molecular flexibility index (Phi) is 6.81. The van der Waals surface area contributed by atoms with Crippen molar-refractivity contribution in [2.45, 2.75) is 31.1 Å². The van der Waals surface area contributed by atoms with E-state index in [9.17, 15) is 26.4 Å². The molecule has 1 heterocycles. The van der Waals surface area contributed by atoms with E-state index in [1.54, 1.807) is 61.5 Å². The van der Waals surface area contributed by atoms with Crippen molar-refractivity contribution < 1.29 is 31.1 Å². The number of nitrogens with two attached hydrogens (primary N) is 1. The summed E-state index contributed by atoms with van der Waals surface area (Å²) < 4.78 is 69.2. The molecule has 3 aromatic carbocycles. The molecule has 1 aromatic heterocycles. The van der Waals surface area contributed by atoms with Gasteiger partial charge in [-0.3, -0.25) is 4.79 Å². The molecule has 0 saturated carbocycles. The van der Waals surface area contributed by atoms with E-state index in [4.69, 9.17) is 5.73 Å². The second-order valence-corrected chi connectivity index (χ2v) is 10.5. The normalized spacial score (nSPS) is 12.1. The summed E-state index contributed by atoms with van der Waals surface area (Å²) in [5, 5.41) is 0.695. The Morgan fingerprint density at radius 2 is 1.69 bits per heavy atom. The Balaban J connectivity index is 1.77. The Morgan fingerprint density at radius 3 is 2.33 bits per heavy atom. The predicted octanol–water partition coefficient (Wildman–Crippen LogP) is 5.07. The molecule has 0 spiro atoms. The zero-order valence-electron chi connectivity index (χ0n) is 19.2. The molecule has 1 amide bonds. The number of hydrogen-bond acceptors (Lipinski definition) is 4. The molecule has 0 aliphatic heterocycles. The van der Waals surface area contributed by atoms with E-state index < -0.39 is 22.1 Å². The minimum atomic E-state index is -4.84. The van der Waals surface area contributed by atoms with Gasteiger partial charge in [0.25, 0.3) is 0 Å². The van der Waals surface area contributed by atoms with Crippen molar-refractivity contribution in [1.29, 1.82) is 0 Å². The van der Waals surface area contributed by atoms with E-state index in [-0.39, 0.29) is 22.9 Å². The second kappa shape index (κ2) is 9.69. The summed E-state index contributed by atoms with van der Waals surface area (Å²) in [6.07, 6.45) is -4.47. The van der Waals surface area contributed by atoms with Crippen LogP contribution >= 0.6 is 0 Å². The van der Waals surface area contributed by atoms with Crippen molar-refractivity contribution in [2.75, 3.05) is 5.75 Å². The van der Waals surface area contributed by atoms with Crippen molar-refractivity contribution in [3.63, 3.8) is 0 Å². The Bertz CT molecular complexity index is 1530. The van der Waals surface area contributed by atoms with Crippen LogP contribution in [0.5, 0.6) is 5.75 Å². The van der Waals surface area contributed by atoms with E-state index in [1.807, 2.05) is 10.6 Å². The van der Waals surface area contributed by atoms with Gasteiger partial charge in [0.05, 0.1) is 17.2 Å². The number of sulfone groups is 1. The molecule has 188 valence electrons. The molecular formula is C26H23F3N2O4S. The van der Waals surface area contributed by atoms with Crippen LogP contribution in [0, 0.1) is 0 Å². The second-order valence-electron chi connectivity index (χ2n) is 8.24. The number of alkyl halides is 3. The highest BCUT2D eigenvalue weighted by Gasteiger charge is 2.32. The summed E-state index contributed by atoms with van der Waals surface area (Å²) in [7, 11) is -3.34. The van der Waals surface area contributed by atoms with Crippen molar-refractivity contribution >= 4 is 26.6 Å². The van der Waals surface area contributed by atoms with E-state index in [0.717, 1.165) is 11.3 Å². The molecule has 6 nitrogen and oxygen atoms in total. The third kappa shape index (κ3) is 5.54. The van der Waals surface area contributed by atoms with Crippen LogP contribution in [0.15, 0.2) is 77.7 Å². The molecule has 0 bridgehead atoms. The predicted molar refractivity (Wildman–Crippen MR) is 130 cm³/mol. The molecule has 0 aliphatic carbocycles. The van der Waals surface area contributed by atoms with Crippen LogP contribution in [0.25, 0.3) is 10.9 Å². The third-order valence-corrected chi connectivity index (χ3v) is 7.60. The van der Waals surface area contributed by atoms with Crippen LogP contribution in [0.3, 0.4) is 0 Å². The van der Waals surface area contributed by atoms with Gasteiger partial charge in [0.2, 0.25) is 5.91 Å². The van der Waals surface area contributed by atoms with Crippen molar-refractivity contribution in [3.05, 3.63) is 95.2 Å². The number of carbonyl (C=O) groups is 1. The quantitative estimate of drug-likeness (QED) is 0.354. The standard InChI is InChI=1S/C26H23F3N2O4S/c1-2-36(33,34)22-10-7-17(8-11-22)13-21-15-20-14-18(25(30)32)9-12-23(20)31(21)16-19-5-3-4-6-24(19)35-26(27,28)29/h3-12,14-15H,2,13,16H2,1H3,(H2,30,32). The zero-order chi connectivity index (χ0) is 26.1. The fraction of sp³-hybridized carbons (Fsp3) is 0.192. The lowest BCUT2D eigenvalue weighted by Gasteiger charge is -2.16. The summed E-state index contributed by atoms with van der Waals surface area (Å²) in [4.78, 5) is 11.9. The number of nitrogens with zero attached hydrogens (tertiary/aromatic N) is 1. The van der Waals surface area contributed by atoms with Crippen LogP contribution in [-0.2, 0) is 22.8 Å². The number of hydrogen-bond donors (Lipinski definition) is 1. The number of benzene rings is 3. The number of para-hydroxylation sites is 1. The third-order valence-electron chi connectivity index (χ3n) is 5.85. The molecule has 4 aromatic rings. The number of amides is 1. The first kappa shape index (κ1) is 25.3. The van der Waals surface area contributed by atoms with Crippen LogP contribution in [0.4, 0.5) is 13.2 Å². The summed E-state index contributed by atoms with van der Waals surface area (Å²) in [5.74, 6) is -0.911. The lowest BCUT2D eigenvalue weighted by atomic mass is 10.1. The highest BCUT2D eigenvalue weighted by Crippen LogP contribution is 2.30. The minimum absolute atomic E-state index is 0.0117. The maximum atomic E-state index is 13.0. The van der Waals surface area contributed by atoms with E-state index in [0.29, 0.717) is 28.5 Å². The first-order valence-corrected chi connectivity index (χ1v) is 12.7. The molecule has 0 atom stereocenters. The van der Waals surface area contributed by atoms with Gasteiger partial charge in [-0.05, 0) is 48.0 Å². The van der Waals surface area contributed by atoms with E-state index >= 15 is 0 Å². The molecular weight excluding hydrogens is 493 g/mol. The maximum absolute atomic E-state index is 13.0. The average molecular weight is 517 g/mol. The summed E-state index contributed by atoms with van der Waals surface area (Å²) in [5.41, 5.74) is 8.30. The average Bonchev–Trinajstić information content (AvgIpc) is 3.15. The first-order chi connectivity index (χ1) is 17.0. The van der Waals surface area contributed by atoms with Gasteiger partial charge in [0.1, 0.15) is 5.75 Å². The molecule has 0 unspecified atom stereocenters. The first-order valence-electron chi connectivity index (χ1n) is 11.0. The Morgan fingerprint density at radius 1 is 1.00 bits per heavy atom. The van der Waals surface area contributed by atoms with Gasteiger partial charge >= 0.3 is 6.36 Å². The van der Waals surface area contributed by atoms with Crippen molar-refractivity contribution in [2.24, 2.45) is 5.73 Å². The molecule has 36 heavy (non-hydrogen) atoms. The summed E-state index contributed by atoms with van der Waals surface area (Å²) in [6, 6.07) is 19.1. The number of primary amides is 1. The minimum Gasteiger partial charge on any atom is -0.405 e. The molecule has 0 fully saturated rings. The number of ether oxygens (including phenoxy) is 1. The fourth-order valence-electron chi connectivity index (χ4n) is 4.03. The number of carbonyl (C=O) groups excluding carboxylic acids is 1. The Hall–Kier alpha value is -3.79. The van der Waals surface area contributed by atoms with Crippen LogP contribution in [0.2, 0.25) is 0 Å². The Labute approximate surface area is 206 Å². The molecule has 2 N–H and O–H groups in total. The van der Waals surface area contributed by atoms with Crippen molar-refractivity contribution in [3.8, 4) is 5.75 Å². The van der Waals surface area contributed by atoms with Gasteiger partial charge in [-0.2, -0.15) is 0 Å². The summed E-state index contributed by atoms with van der Waals surface area (Å²) >= 11 is 0. The monoisotopic (exact) mass is 516 g/mol. The van der Waals surface area contributed by atoms with E-state index in [2.05, 4.69) is 4.74 Å². The molecule has 0 radical (unpaired) electrons. The molecule has 0 saturated heterocycles. The fourth-order valence-corrected chi connectivity index (χ4v) is 4.92. The topological polar surface area (TPSA) is 91.4 Å². The lowest BCUT2D eigenvalue weighted by Crippen LogP contribution is -2.18. The SMILES string of the molecule is CCS(=O)(=O)c1ccc(Cc2cc3cc(C(N)=O)ccc3n2Cc2ccccc2OC(F)(F)F)cc1. The van der Waals surface area contributed by atoms with Gasteiger partial charge < -0.3 is 15.0 Å². The van der Waals surface area contributed by atoms with Crippen molar-refractivity contribution in [1.82, 2.24) is 4.57 Å². The molecule has 10 heteroatoms. The largest absolute Gasteiger partial charge is 0.573 e. The molecule has 4 rings (SSSR count). The van der Waals surface area contributed by atoms with E-state index in [1.165, 1.54) is 12.1 Å². The van der Waals surface area contributed by atoms with Crippen LogP contribution < -0.4 is 10.5 Å². The highest BCUT2D eigenvalue weighted by atomic mass is 32.2. The number of fused-ring (bicyclic) bond motifs is 1. The van der Waals surface area contributed by atoms with Crippen LogP contribution in [-0.4, -0.2) is 31.0 Å². The lowest BCUT2D eigenvalue weighted by molar-refractivity contribution is -0.274. The van der Waals surface area contributed by atoms with Gasteiger partial charge in [0.15, 0.2) is 9.84 Å². The number of halogens is 3. The number of rotatable bonds is 8. The smallest absolute Gasteiger partial charge is 0.405 e.